The van der Waals surface area contributed by atoms with E-state index in [4.69, 9.17) is 14.2 Å². The maximum absolute atomic E-state index is 13.4. The molecule has 0 bridgehead atoms. The van der Waals surface area contributed by atoms with Crippen molar-refractivity contribution in [2.24, 2.45) is 0 Å². The lowest BCUT2D eigenvalue weighted by Crippen LogP contribution is -2.33. The van der Waals surface area contributed by atoms with Crippen molar-refractivity contribution < 1.29 is 19.0 Å². The molecular formula is C25H22N2O4. The number of carbonyl (C=O) groups excluding carboxylic acids is 1. The number of nitrogens with one attached hydrogen (secondary N) is 1. The first-order valence-electron chi connectivity index (χ1n) is 10.3. The van der Waals surface area contributed by atoms with Gasteiger partial charge in [-0.1, -0.05) is 18.2 Å². The Balaban J connectivity index is 1.55. The Morgan fingerprint density at radius 1 is 1.06 bits per heavy atom. The van der Waals surface area contributed by atoms with Gasteiger partial charge < -0.3 is 19.5 Å². The molecule has 3 aliphatic rings. The number of hydrogen-bond acceptors (Lipinski definition) is 6. The number of rotatable bonds is 3. The Kier molecular flexibility index (Phi) is 4.67. The average molecular weight is 414 g/mol. The number of nitrogens with zero attached hydrogens (tertiary/aromatic N) is 1. The summed E-state index contributed by atoms with van der Waals surface area (Å²) in [7, 11) is 1.64. The average Bonchev–Trinajstić information content (AvgIpc) is 3.26. The number of benzene rings is 2. The molecule has 1 N–H and O–H groups in total. The van der Waals surface area contributed by atoms with Crippen molar-refractivity contribution >= 4 is 5.78 Å². The Morgan fingerprint density at radius 3 is 2.55 bits per heavy atom. The number of allylic oxidation sites excluding steroid dienone is 4. The number of nitriles is 1. The van der Waals surface area contributed by atoms with Gasteiger partial charge >= 0.3 is 0 Å². The lowest BCUT2D eigenvalue weighted by Gasteiger charge is -2.35. The highest BCUT2D eigenvalue weighted by molar-refractivity contribution is 6.00. The van der Waals surface area contributed by atoms with Crippen LogP contribution in [-0.4, -0.2) is 19.7 Å². The second kappa shape index (κ2) is 7.51. The summed E-state index contributed by atoms with van der Waals surface area (Å²) in [4.78, 5) is 13.4. The molecule has 0 spiro atoms. The van der Waals surface area contributed by atoms with Crippen LogP contribution >= 0.6 is 0 Å². The largest absolute Gasteiger partial charge is 0.497 e. The van der Waals surface area contributed by atoms with E-state index in [0.29, 0.717) is 35.5 Å². The van der Waals surface area contributed by atoms with Gasteiger partial charge in [0.25, 0.3) is 0 Å². The standard InChI is InChI=1S/C25H22N2O4/c1-14-19(12-26)24(16-5-8-22-23(11-16)31-13-30-22)25-20(27-14)9-17(10-21(25)28)15-3-6-18(29-2)7-4-15/h3-8,11,17,24,27H,9-10,13H2,1-2H3/t17-,24+/m1/s1. The van der Waals surface area contributed by atoms with Crippen molar-refractivity contribution in [2.45, 2.75) is 31.6 Å². The summed E-state index contributed by atoms with van der Waals surface area (Å²) in [6, 6.07) is 15.9. The van der Waals surface area contributed by atoms with Gasteiger partial charge in [0.05, 0.1) is 24.7 Å². The fraction of sp³-hybridized carbons (Fsp3) is 0.280. The smallest absolute Gasteiger partial charge is 0.231 e. The van der Waals surface area contributed by atoms with Crippen LogP contribution in [0, 0.1) is 11.3 Å². The number of ether oxygens (including phenoxy) is 3. The molecule has 2 heterocycles. The zero-order valence-corrected chi connectivity index (χ0v) is 17.4. The summed E-state index contributed by atoms with van der Waals surface area (Å²) in [6.07, 6.45) is 1.12. The number of Topliss-reactive ketones (excluding diaryl/α,β-unsaturated/α-hetero) is 1. The van der Waals surface area contributed by atoms with Gasteiger partial charge in [-0.2, -0.15) is 5.26 Å². The molecule has 156 valence electrons. The molecule has 0 unspecified atom stereocenters. The van der Waals surface area contributed by atoms with Crippen LogP contribution in [0.4, 0.5) is 0 Å². The highest BCUT2D eigenvalue weighted by Gasteiger charge is 2.39. The van der Waals surface area contributed by atoms with Crippen molar-refractivity contribution in [1.29, 1.82) is 5.26 Å². The van der Waals surface area contributed by atoms with E-state index in [-0.39, 0.29) is 18.5 Å². The van der Waals surface area contributed by atoms with E-state index in [1.165, 1.54) is 0 Å². The molecule has 0 aromatic heterocycles. The third-order valence-corrected chi connectivity index (χ3v) is 6.27. The number of ketones is 1. The van der Waals surface area contributed by atoms with E-state index in [0.717, 1.165) is 28.3 Å². The van der Waals surface area contributed by atoms with Crippen LogP contribution < -0.4 is 19.5 Å². The summed E-state index contributed by atoms with van der Waals surface area (Å²) in [5.41, 5.74) is 4.91. The van der Waals surface area contributed by atoms with Crippen LogP contribution in [0.15, 0.2) is 65.0 Å². The van der Waals surface area contributed by atoms with Gasteiger partial charge in [0, 0.05) is 23.4 Å². The van der Waals surface area contributed by atoms with Gasteiger partial charge in [0.15, 0.2) is 17.3 Å². The lowest BCUT2D eigenvalue weighted by molar-refractivity contribution is -0.116. The normalized spacial score (nSPS) is 22.0. The molecule has 2 aromatic rings. The lowest BCUT2D eigenvalue weighted by atomic mass is 9.72. The van der Waals surface area contributed by atoms with Crippen LogP contribution in [0.2, 0.25) is 0 Å². The first-order valence-corrected chi connectivity index (χ1v) is 10.3. The maximum atomic E-state index is 13.4. The minimum Gasteiger partial charge on any atom is -0.497 e. The van der Waals surface area contributed by atoms with Crippen LogP contribution in [-0.2, 0) is 4.79 Å². The summed E-state index contributed by atoms with van der Waals surface area (Å²) in [5, 5.41) is 13.3. The molecule has 5 rings (SSSR count). The third-order valence-electron chi connectivity index (χ3n) is 6.27. The van der Waals surface area contributed by atoms with Gasteiger partial charge in [-0.25, -0.2) is 0 Å². The van der Waals surface area contributed by atoms with Crippen molar-refractivity contribution in [3.8, 4) is 23.3 Å². The number of carbonyl (C=O) groups is 1. The highest BCUT2D eigenvalue weighted by Crippen LogP contribution is 2.47. The second-order valence-corrected chi connectivity index (χ2v) is 8.01. The molecule has 0 saturated heterocycles. The van der Waals surface area contributed by atoms with Crippen LogP contribution in [0.25, 0.3) is 0 Å². The second-order valence-electron chi connectivity index (χ2n) is 8.01. The predicted molar refractivity (Wildman–Crippen MR) is 114 cm³/mol. The Labute approximate surface area is 180 Å². The first kappa shape index (κ1) is 19.3. The quantitative estimate of drug-likeness (QED) is 0.806. The van der Waals surface area contributed by atoms with Gasteiger partial charge in [-0.05, 0) is 54.7 Å². The van der Waals surface area contributed by atoms with E-state index in [1.54, 1.807) is 7.11 Å². The fourth-order valence-corrected chi connectivity index (χ4v) is 4.72. The molecule has 0 radical (unpaired) electrons. The molecular weight excluding hydrogens is 392 g/mol. The van der Waals surface area contributed by atoms with Crippen molar-refractivity contribution in [3.05, 3.63) is 76.1 Å². The molecule has 2 aromatic carbocycles. The van der Waals surface area contributed by atoms with Crippen LogP contribution in [0.1, 0.15) is 42.7 Å². The molecule has 0 saturated carbocycles. The summed E-state index contributed by atoms with van der Waals surface area (Å²) >= 11 is 0. The van der Waals surface area contributed by atoms with Crippen LogP contribution in [0.5, 0.6) is 17.2 Å². The molecule has 2 aliphatic heterocycles. The Morgan fingerprint density at radius 2 is 1.81 bits per heavy atom. The van der Waals surface area contributed by atoms with E-state index >= 15 is 0 Å². The molecule has 6 nitrogen and oxygen atoms in total. The maximum Gasteiger partial charge on any atom is 0.231 e. The van der Waals surface area contributed by atoms with Crippen molar-refractivity contribution in [3.63, 3.8) is 0 Å². The number of hydrogen-bond donors (Lipinski definition) is 1. The predicted octanol–water partition coefficient (Wildman–Crippen LogP) is 4.31. The zero-order valence-electron chi connectivity index (χ0n) is 17.4. The molecule has 0 fully saturated rings. The molecule has 1 aliphatic carbocycles. The molecule has 31 heavy (non-hydrogen) atoms. The van der Waals surface area contributed by atoms with Gasteiger partial charge in [0.2, 0.25) is 6.79 Å². The molecule has 2 atom stereocenters. The Bertz CT molecular complexity index is 1170. The summed E-state index contributed by atoms with van der Waals surface area (Å²) in [5.74, 6) is 1.87. The van der Waals surface area contributed by atoms with Crippen LogP contribution in [0.3, 0.4) is 0 Å². The topological polar surface area (TPSA) is 80.6 Å². The minimum atomic E-state index is -0.403. The Hall–Kier alpha value is -3.72. The van der Waals surface area contributed by atoms with E-state index in [9.17, 15) is 10.1 Å². The minimum absolute atomic E-state index is 0.0671. The number of methoxy groups -OCH3 is 1. The third kappa shape index (κ3) is 3.23. The first-order chi connectivity index (χ1) is 15.1. The molecule has 0 amide bonds. The van der Waals surface area contributed by atoms with E-state index in [1.807, 2.05) is 49.4 Å². The molecule has 6 heteroatoms. The van der Waals surface area contributed by atoms with Crippen molar-refractivity contribution in [2.75, 3.05) is 13.9 Å². The fourth-order valence-electron chi connectivity index (χ4n) is 4.72. The summed E-state index contributed by atoms with van der Waals surface area (Å²) < 4.78 is 16.2. The van der Waals surface area contributed by atoms with Crippen molar-refractivity contribution in [1.82, 2.24) is 5.32 Å². The summed E-state index contributed by atoms with van der Waals surface area (Å²) in [6.45, 7) is 2.07. The van der Waals surface area contributed by atoms with E-state index in [2.05, 4.69) is 11.4 Å². The number of dihydropyridines is 1. The highest BCUT2D eigenvalue weighted by atomic mass is 16.7. The zero-order chi connectivity index (χ0) is 21.5. The van der Waals surface area contributed by atoms with Gasteiger partial charge in [-0.3, -0.25) is 4.79 Å². The number of fused-ring (bicyclic) bond motifs is 1. The monoisotopic (exact) mass is 414 g/mol. The SMILES string of the molecule is COc1ccc([C@H]2CC(=O)C3=C(C2)NC(C)=C(C#N)[C@@H]3c2ccc3c(c2)OCO3)cc1. The van der Waals surface area contributed by atoms with Gasteiger partial charge in [0.1, 0.15) is 5.75 Å². The van der Waals surface area contributed by atoms with Gasteiger partial charge in [-0.15, -0.1) is 0 Å². The van der Waals surface area contributed by atoms with E-state index < -0.39 is 5.92 Å².